The molecule has 0 unspecified atom stereocenters. The Kier molecular flexibility index (Phi) is 4.16. The third-order valence-electron chi connectivity index (χ3n) is 5.50. The average molecular weight is 385 g/mol. The molecular formula is C24H20FN3O. The molecular weight excluding hydrogens is 365 g/mol. The zero-order valence-electron chi connectivity index (χ0n) is 16.1. The van der Waals surface area contributed by atoms with E-state index in [-0.39, 0.29) is 11.7 Å². The molecule has 29 heavy (non-hydrogen) atoms. The molecule has 3 aromatic carbocycles. The molecule has 0 bridgehead atoms. The van der Waals surface area contributed by atoms with Crippen LogP contribution in [-0.2, 0) is 4.79 Å². The van der Waals surface area contributed by atoms with Gasteiger partial charge in [-0.05, 0) is 60.9 Å². The summed E-state index contributed by atoms with van der Waals surface area (Å²) in [5.41, 5.74) is 5.61. The molecule has 5 rings (SSSR count). The molecule has 0 radical (unpaired) electrons. The van der Waals surface area contributed by atoms with Crippen molar-refractivity contribution in [3.63, 3.8) is 0 Å². The Labute approximate surface area is 168 Å². The summed E-state index contributed by atoms with van der Waals surface area (Å²) in [6, 6.07) is 20.9. The van der Waals surface area contributed by atoms with Gasteiger partial charge in [0.05, 0.1) is 11.0 Å². The second kappa shape index (κ2) is 6.85. The molecule has 144 valence electrons. The van der Waals surface area contributed by atoms with Crippen LogP contribution in [0.4, 0.5) is 10.1 Å². The molecule has 1 aliphatic rings. The van der Waals surface area contributed by atoms with E-state index in [1.807, 2.05) is 52.8 Å². The van der Waals surface area contributed by atoms with Crippen LogP contribution in [-0.4, -0.2) is 22.0 Å². The summed E-state index contributed by atoms with van der Waals surface area (Å²) in [6.45, 7) is 2.72. The maximum absolute atomic E-state index is 13.7. The van der Waals surface area contributed by atoms with E-state index in [1.165, 1.54) is 12.1 Å². The van der Waals surface area contributed by atoms with Crippen molar-refractivity contribution in [2.45, 2.75) is 19.8 Å². The molecule has 1 aromatic heterocycles. The van der Waals surface area contributed by atoms with Gasteiger partial charge in [-0.3, -0.25) is 9.36 Å². The van der Waals surface area contributed by atoms with Gasteiger partial charge in [-0.2, -0.15) is 0 Å². The highest BCUT2D eigenvalue weighted by Gasteiger charge is 2.21. The lowest BCUT2D eigenvalue weighted by molar-refractivity contribution is -0.117. The van der Waals surface area contributed by atoms with Crippen LogP contribution in [0.5, 0.6) is 0 Å². The van der Waals surface area contributed by atoms with Crippen molar-refractivity contribution in [2.24, 2.45) is 0 Å². The quantitative estimate of drug-likeness (QED) is 0.482. The van der Waals surface area contributed by atoms with Gasteiger partial charge in [-0.1, -0.05) is 24.3 Å². The number of aryl methyl sites for hydroxylation is 1. The van der Waals surface area contributed by atoms with Crippen LogP contribution in [0.3, 0.4) is 0 Å². The molecule has 0 N–H and O–H groups in total. The Morgan fingerprint density at radius 3 is 2.17 bits per heavy atom. The number of hydrogen-bond acceptors (Lipinski definition) is 2. The van der Waals surface area contributed by atoms with Gasteiger partial charge < -0.3 is 4.90 Å². The standard InChI is InChI=1S/C24H20FN3O/c1-16-26-22-13-8-19(25)15-23(22)28(16)21-11-6-18(7-12-21)17-4-9-20(10-5-17)27-14-2-3-24(27)29/h4-13,15H,2-3,14H2,1H3. The van der Waals surface area contributed by atoms with Crippen molar-refractivity contribution in [2.75, 3.05) is 11.4 Å². The Bertz CT molecular complexity index is 1210. The number of imidazole rings is 1. The summed E-state index contributed by atoms with van der Waals surface area (Å²) in [7, 11) is 0. The normalized spacial score (nSPS) is 14.1. The van der Waals surface area contributed by atoms with E-state index in [0.29, 0.717) is 6.42 Å². The molecule has 1 amide bonds. The average Bonchev–Trinajstić information content (AvgIpc) is 3.30. The van der Waals surface area contributed by atoms with Crippen LogP contribution in [0.15, 0.2) is 66.7 Å². The number of nitrogens with zero attached hydrogens (tertiary/aromatic N) is 3. The summed E-state index contributed by atoms with van der Waals surface area (Å²) < 4.78 is 15.7. The van der Waals surface area contributed by atoms with Gasteiger partial charge in [0.2, 0.25) is 5.91 Å². The largest absolute Gasteiger partial charge is 0.312 e. The number of hydrogen-bond donors (Lipinski definition) is 0. The Hall–Kier alpha value is -3.47. The number of carbonyl (C=O) groups excluding carboxylic acids is 1. The Morgan fingerprint density at radius 2 is 1.55 bits per heavy atom. The monoisotopic (exact) mass is 385 g/mol. The van der Waals surface area contributed by atoms with Gasteiger partial charge in [0.1, 0.15) is 11.6 Å². The topological polar surface area (TPSA) is 38.1 Å². The van der Waals surface area contributed by atoms with E-state index < -0.39 is 0 Å². The van der Waals surface area contributed by atoms with Crippen LogP contribution in [0, 0.1) is 12.7 Å². The fourth-order valence-corrected chi connectivity index (χ4v) is 4.05. The van der Waals surface area contributed by atoms with E-state index in [0.717, 1.165) is 52.3 Å². The van der Waals surface area contributed by atoms with E-state index in [1.54, 1.807) is 6.07 Å². The minimum atomic E-state index is -0.271. The van der Waals surface area contributed by atoms with Crippen LogP contribution >= 0.6 is 0 Å². The second-order valence-corrected chi connectivity index (χ2v) is 7.37. The predicted octanol–water partition coefficient (Wildman–Crippen LogP) is 5.27. The molecule has 4 aromatic rings. The summed E-state index contributed by atoms with van der Waals surface area (Å²) in [5.74, 6) is 0.742. The third kappa shape index (κ3) is 3.09. The van der Waals surface area contributed by atoms with Crippen molar-refractivity contribution in [3.05, 3.63) is 78.4 Å². The van der Waals surface area contributed by atoms with E-state index in [9.17, 15) is 9.18 Å². The summed E-state index contributed by atoms with van der Waals surface area (Å²) >= 11 is 0. The van der Waals surface area contributed by atoms with E-state index in [2.05, 4.69) is 17.1 Å². The number of benzene rings is 3. The predicted molar refractivity (Wildman–Crippen MR) is 113 cm³/mol. The number of anilines is 1. The Morgan fingerprint density at radius 1 is 0.897 bits per heavy atom. The molecule has 0 aliphatic carbocycles. The lowest BCUT2D eigenvalue weighted by Crippen LogP contribution is -2.23. The van der Waals surface area contributed by atoms with Crippen LogP contribution < -0.4 is 4.90 Å². The molecule has 4 nitrogen and oxygen atoms in total. The maximum Gasteiger partial charge on any atom is 0.227 e. The van der Waals surface area contributed by atoms with Crippen molar-refractivity contribution in [3.8, 4) is 16.8 Å². The number of carbonyl (C=O) groups is 1. The van der Waals surface area contributed by atoms with E-state index in [4.69, 9.17) is 0 Å². The van der Waals surface area contributed by atoms with Gasteiger partial charge in [-0.25, -0.2) is 9.37 Å². The maximum atomic E-state index is 13.7. The van der Waals surface area contributed by atoms with Gasteiger partial charge >= 0.3 is 0 Å². The number of amides is 1. The van der Waals surface area contributed by atoms with E-state index >= 15 is 0 Å². The molecule has 1 fully saturated rings. The molecule has 1 aliphatic heterocycles. The number of fused-ring (bicyclic) bond motifs is 1. The van der Waals surface area contributed by atoms with Gasteiger partial charge in [0.25, 0.3) is 0 Å². The first-order valence-corrected chi connectivity index (χ1v) is 9.76. The molecule has 2 heterocycles. The van der Waals surface area contributed by atoms with Crippen molar-refractivity contribution in [1.29, 1.82) is 0 Å². The first kappa shape index (κ1) is 17.6. The minimum absolute atomic E-state index is 0.196. The van der Waals surface area contributed by atoms with Gasteiger partial charge in [0, 0.05) is 30.4 Å². The molecule has 0 saturated carbocycles. The van der Waals surface area contributed by atoms with Crippen molar-refractivity contribution in [1.82, 2.24) is 9.55 Å². The first-order chi connectivity index (χ1) is 14.1. The zero-order chi connectivity index (χ0) is 20.0. The molecule has 0 spiro atoms. The van der Waals surface area contributed by atoms with Gasteiger partial charge in [-0.15, -0.1) is 0 Å². The first-order valence-electron chi connectivity index (χ1n) is 9.76. The summed E-state index contributed by atoms with van der Waals surface area (Å²) in [4.78, 5) is 18.3. The molecule has 0 atom stereocenters. The summed E-state index contributed by atoms with van der Waals surface area (Å²) in [6.07, 6.45) is 1.56. The fraction of sp³-hybridized carbons (Fsp3) is 0.167. The van der Waals surface area contributed by atoms with Crippen LogP contribution in [0.25, 0.3) is 27.8 Å². The zero-order valence-corrected chi connectivity index (χ0v) is 16.1. The molecule has 5 heteroatoms. The number of rotatable bonds is 3. The number of halogens is 1. The SMILES string of the molecule is Cc1nc2ccc(F)cc2n1-c1ccc(-c2ccc(N3CCCC3=O)cc2)cc1. The van der Waals surface area contributed by atoms with Crippen molar-refractivity contribution < 1.29 is 9.18 Å². The smallest absolute Gasteiger partial charge is 0.227 e. The van der Waals surface area contributed by atoms with Gasteiger partial charge in [0.15, 0.2) is 0 Å². The van der Waals surface area contributed by atoms with Crippen LogP contribution in [0.1, 0.15) is 18.7 Å². The number of aromatic nitrogens is 2. The lowest BCUT2D eigenvalue weighted by Gasteiger charge is -2.16. The molecule has 1 saturated heterocycles. The highest BCUT2D eigenvalue weighted by Crippen LogP contribution is 2.28. The minimum Gasteiger partial charge on any atom is -0.312 e. The van der Waals surface area contributed by atoms with Crippen LogP contribution in [0.2, 0.25) is 0 Å². The second-order valence-electron chi connectivity index (χ2n) is 7.37. The van der Waals surface area contributed by atoms with Crippen molar-refractivity contribution >= 4 is 22.6 Å². The third-order valence-corrected chi connectivity index (χ3v) is 5.50. The highest BCUT2D eigenvalue weighted by molar-refractivity contribution is 5.95. The lowest BCUT2D eigenvalue weighted by atomic mass is 10.0. The summed E-state index contributed by atoms with van der Waals surface area (Å²) in [5, 5.41) is 0. The fourth-order valence-electron chi connectivity index (χ4n) is 4.05. The Balaban J connectivity index is 1.46. The highest BCUT2D eigenvalue weighted by atomic mass is 19.1.